The summed E-state index contributed by atoms with van der Waals surface area (Å²) in [4.78, 5) is 15.8. The van der Waals surface area contributed by atoms with Crippen molar-refractivity contribution < 1.29 is 9.53 Å². The minimum absolute atomic E-state index is 0.175. The molecule has 1 aliphatic heterocycles. The Hall–Kier alpha value is -1.07. The molecule has 1 N–H and O–H groups in total. The van der Waals surface area contributed by atoms with Gasteiger partial charge < -0.3 is 15.0 Å². The lowest BCUT2D eigenvalue weighted by Crippen LogP contribution is -2.51. The molecule has 0 spiro atoms. The fourth-order valence-electron chi connectivity index (χ4n) is 3.00. The highest BCUT2D eigenvalue weighted by molar-refractivity contribution is 7.09. The number of likely N-dealkylation sites (tertiary alicyclic amines) is 1. The van der Waals surface area contributed by atoms with Crippen molar-refractivity contribution in [3.8, 4) is 0 Å². The van der Waals surface area contributed by atoms with Crippen molar-refractivity contribution >= 4 is 17.4 Å². The molecular weight excluding hydrogens is 296 g/mol. The van der Waals surface area contributed by atoms with Crippen LogP contribution in [0.4, 0.5) is 4.79 Å². The summed E-state index contributed by atoms with van der Waals surface area (Å²) in [5, 5.41) is 5.18. The van der Waals surface area contributed by atoms with Crippen LogP contribution >= 0.6 is 11.3 Å². The maximum Gasteiger partial charge on any atom is 0.407 e. The Morgan fingerprint density at radius 2 is 2.23 bits per heavy atom. The second-order valence-electron chi connectivity index (χ2n) is 7.08. The molecule has 4 nitrogen and oxygen atoms in total. The monoisotopic (exact) mass is 324 g/mol. The Kier molecular flexibility index (Phi) is 5.87. The van der Waals surface area contributed by atoms with Gasteiger partial charge in [0.15, 0.2) is 0 Å². The van der Waals surface area contributed by atoms with Gasteiger partial charge in [-0.05, 0) is 57.5 Å². The first-order valence-electron chi connectivity index (χ1n) is 8.10. The molecule has 22 heavy (non-hydrogen) atoms. The van der Waals surface area contributed by atoms with Crippen molar-refractivity contribution in [2.24, 2.45) is 5.92 Å². The topological polar surface area (TPSA) is 41.6 Å². The molecule has 1 aliphatic rings. The van der Waals surface area contributed by atoms with E-state index in [0.29, 0.717) is 5.92 Å². The van der Waals surface area contributed by atoms with Crippen LogP contribution in [0.5, 0.6) is 0 Å². The lowest BCUT2D eigenvalue weighted by molar-refractivity contribution is 0.0451. The average molecular weight is 324 g/mol. The lowest BCUT2D eigenvalue weighted by atomic mass is 9.91. The minimum atomic E-state index is -0.445. The highest BCUT2D eigenvalue weighted by Gasteiger charge is 2.29. The van der Waals surface area contributed by atoms with Gasteiger partial charge in [-0.1, -0.05) is 13.0 Å². The van der Waals surface area contributed by atoms with Crippen LogP contribution in [0.2, 0.25) is 0 Å². The molecule has 1 aromatic rings. The van der Waals surface area contributed by atoms with Crippen LogP contribution in [0.3, 0.4) is 0 Å². The van der Waals surface area contributed by atoms with E-state index in [9.17, 15) is 4.79 Å². The zero-order valence-corrected chi connectivity index (χ0v) is 14.9. The van der Waals surface area contributed by atoms with Gasteiger partial charge in [0.2, 0.25) is 0 Å². The van der Waals surface area contributed by atoms with Crippen LogP contribution in [-0.4, -0.2) is 42.3 Å². The van der Waals surface area contributed by atoms with Gasteiger partial charge in [-0.15, -0.1) is 11.3 Å². The van der Waals surface area contributed by atoms with E-state index in [0.717, 1.165) is 32.5 Å². The Labute approximate surface area is 137 Å². The zero-order chi connectivity index (χ0) is 16.2. The van der Waals surface area contributed by atoms with Crippen LogP contribution in [0, 0.1) is 5.92 Å². The highest BCUT2D eigenvalue weighted by atomic mass is 32.1. The highest BCUT2D eigenvalue weighted by Crippen LogP contribution is 2.23. The Morgan fingerprint density at radius 1 is 1.45 bits per heavy atom. The average Bonchev–Trinajstić information content (AvgIpc) is 2.88. The molecule has 2 heterocycles. The van der Waals surface area contributed by atoms with Crippen LogP contribution in [0.15, 0.2) is 17.5 Å². The fourth-order valence-corrected chi connectivity index (χ4v) is 3.82. The van der Waals surface area contributed by atoms with Crippen molar-refractivity contribution in [1.29, 1.82) is 0 Å². The first-order valence-corrected chi connectivity index (χ1v) is 8.98. The molecule has 1 fully saturated rings. The standard InChI is InChI=1S/C17H28N2O2S/c1-5-19-11-13(10-15-7-6-8-22-15)9-14(12-19)18-16(20)21-17(2,3)4/h6-8,13-14H,5,9-12H2,1-4H3,(H,18,20). The van der Waals surface area contributed by atoms with Crippen molar-refractivity contribution in [3.63, 3.8) is 0 Å². The third kappa shape index (κ3) is 5.61. The number of hydrogen-bond acceptors (Lipinski definition) is 4. The number of rotatable bonds is 4. The normalized spacial score (nSPS) is 23.3. The number of ether oxygens (including phenoxy) is 1. The second kappa shape index (κ2) is 7.47. The molecule has 0 aliphatic carbocycles. The number of hydrogen-bond donors (Lipinski definition) is 1. The Balaban J connectivity index is 1.91. The summed E-state index contributed by atoms with van der Waals surface area (Å²) in [7, 11) is 0. The lowest BCUT2D eigenvalue weighted by Gasteiger charge is -2.37. The van der Waals surface area contributed by atoms with E-state index in [2.05, 4.69) is 34.7 Å². The third-order valence-corrected chi connectivity index (χ3v) is 4.75. The molecule has 1 aromatic heterocycles. The number of piperidine rings is 1. The third-order valence-electron chi connectivity index (χ3n) is 3.85. The summed E-state index contributed by atoms with van der Waals surface area (Å²) in [5.74, 6) is 0.590. The van der Waals surface area contributed by atoms with E-state index in [-0.39, 0.29) is 12.1 Å². The number of nitrogens with zero attached hydrogens (tertiary/aromatic N) is 1. The van der Waals surface area contributed by atoms with E-state index in [4.69, 9.17) is 4.74 Å². The summed E-state index contributed by atoms with van der Waals surface area (Å²) in [6, 6.07) is 4.48. The first-order chi connectivity index (χ1) is 10.4. The Bertz CT molecular complexity index is 468. The van der Waals surface area contributed by atoms with Crippen LogP contribution < -0.4 is 5.32 Å². The van der Waals surface area contributed by atoms with Gasteiger partial charge >= 0.3 is 6.09 Å². The number of thiophene rings is 1. The quantitative estimate of drug-likeness (QED) is 0.921. The van der Waals surface area contributed by atoms with Crippen molar-refractivity contribution in [2.75, 3.05) is 19.6 Å². The van der Waals surface area contributed by atoms with Gasteiger partial charge in [-0.2, -0.15) is 0 Å². The molecular formula is C17H28N2O2S. The molecule has 2 rings (SSSR count). The SMILES string of the molecule is CCN1CC(Cc2cccs2)CC(NC(=O)OC(C)(C)C)C1. The number of carbonyl (C=O) groups excluding carboxylic acids is 1. The molecule has 2 unspecified atom stereocenters. The predicted molar refractivity (Wildman–Crippen MR) is 91.4 cm³/mol. The molecule has 2 atom stereocenters. The maximum absolute atomic E-state index is 12.0. The molecule has 1 saturated heterocycles. The number of alkyl carbamates (subject to hydrolysis) is 1. The van der Waals surface area contributed by atoms with Gasteiger partial charge in [-0.3, -0.25) is 0 Å². The van der Waals surface area contributed by atoms with Gasteiger partial charge in [0.25, 0.3) is 0 Å². The first kappa shape index (κ1) is 17.3. The zero-order valence-electron chi connectivity index (χ0n) is 14.1. The molecule has 0 bridgehead atoms. The van der Waals surface area contributed by atoms with Crippen LogP contribution in [0.25, 0.3) is 0 Å². The number of nitrogens with one attached hydrogen (secondary N) is 1. The van der Waals surface area contributed by atoms with E-state index < -0.39 is 5.60 Å². The second-order valence-corrected chi connectivity index (χ2v) is 8.11. The van der Waals surface area contributed by atoms with E-state index in [1.165, 1.54) is 4.88 Å². The van der Waals surface area contributed by atoms with Crippen molar-refractivity contribution in [1.82, 2.24) is 10.2 Å². The number of likely N-dealkylation sites (N-methyl/N-ethyl adjacent to an activating group) is 1. The van der Waals surface area contributed by atoms with Gasteiger partial charge in [0.1, 0.15) is 5.60 Å². The van der Waals surface area contributed by atoms with Crippen molar-refractivity contribution in [3.05, 3.63) is 22.4 Å². The molecule has 1 amide bonds. The van der Waals surface area contributed by atoms with E-state index in [1.807, 2.05) is 32.1 Å². The summed E-state index contributed by atoms with van der Waals surface area (Å²) in [6.45, 7) is 10.9. The van der Waals surface area contributed by atoms with Crippen LogP contribution in [-0.2, 0) is 11.2 Å². The molecule has 124 valence electrons. The van der Waals surface area contributed by atoms with Gasteiger partial charge in [-0.25, -0.2) is 4.79 Å². The fraction of sp³-hybridized carbons (Fsp3) is 0.706. The molecule has 0 saturated carbocycles. The summed E-state index contributed by atoms with van der Waals surface area (Å²) in [5.41, 5.74) is -0.445. The number of amides is 1. The summed E-state index contributed by atoms with van der Waals surface area (Å²) in [6.07, 6.45) is 1.82. The van der Waals surface area contributed by atoms with Gasteiger partial charge in [0, 0.05) is 24.0 Å². The molecule has 0 radical (unpaired) electrons. The van der Waals surface area contributed by atoms with E-state index >= 15 is 0 Å². The number of carbonyl (C=O) groups is 1. The molecule has 0 aromatic carbocycles. The Morgan fingerprint density at radius 3 is 2.82 bits per heavy atom. The maximum atomic E-state index is 12.0. The minimum Gasteiger partial charge on any atom is -0.444 e. The van der Waals surface area contributed by atoms with Crippen LogP contribution in [0.1, 0.15) is 39.0 Å². The predicted octanol–water partition coefficient (Wildman–Crippen LogP) is 3.53. The molecule has 5 heteroatoms. The smallest absolute Gasteiger partial charge is 0.407 e. The summed E-state index contributed by atoms with van der Waals surface area (Å²) >= 11 is 1.82. The summed E-state index contributed by atoms with van der Waals surface area (Å²) < 4.78 is 5.38. The largest absolute Gasteiger partial charge is 0.444 e. The van der Waals surface area contributed by atoms with Gasteiger partial charge in [0.05, 0.1) is 0 Å². The van der Waals surface area contributed by atoms with E-state index in [1.54, 1.807) is 0 Å². The van der Waals surface area contributed by atoms with Crippen molar-refractivity contribution in [2.45, 2.75) is 52.2 Å².